The van der Waals surface area contributed by atoms with Gasteiger partial charge >= 0.3 is 0 Å². The van der Waals surface area contributed by atoms with Crippen molar-refractivity contribution < 1.29 is 9.18 Å². The molecule has 1 aromatic heterocycles. The van der Waals surface area contributed by atoms with Crippen LogP contribution in [-0.4, -0.2) is 51.9 Å². The molecule has 1 atom stereocenters. The van der Waals surface area contributed by atoms with E-state index in [1.165, 1.54) is 12.1 Å². The second kappa shape index (κ2) is 7.60. The maximum atomic E-state index is 13.6. The number of nitrogens with zero attached hydrogens (tertiary/aromatic N) is 4. The van der Waals surface area contributed by atoms with Crippen LogP contribution in [-0.2, 0) is 16.8 Å². The number of likely N-dealkylation sites (tertiary alicyclic amines) is 1. The Morgan fingerprint density at radius 1 is 1.41 bits per heavy atom. The molecule has 1 aliphatic rings. The largest absolute Gasteiger partial charge is 0.384 e. The van der Waals surface area contributed by atoms with Crippen LogP contribution in [0, 0.1) is 5.82 Å². The summed E-state index contributed by atoms with van der Waals surface area (Å²) in [5.41, 5.74) is 5.63. The average Bonchev–Trinajstić information content (AvgIpc) is 3.11. The number of hydrogen-bond donors (Lipinski definition) is 1. The summed E-state index contributed by atoms with van der Waals surface area (Å²) >= 11 is 0. The predicted octanol–water partition coefficient (Wildman–Crippen LogP) is 2.21. The quantitative estimate of drug-likeness (QED) is 0.872. The standard InChI is InChI=1S/C20H26FN5O/c1-20(2,14-5-4-6-15(21)11-14)19(27)26-10-8-16(12-26)25(3)13-18-23-9-7-17(22)24-18/h4-7,9,11,16H,8,10,12-13H2,1-3H3,(H2,22,23,24)/t16-/m0/s1. The highest BCUT2D eigenvalue weighted by molar-refractivity contribution is 5.87. The molecule has 27 heavy (non-hydrogen) atoms. The van der Waals surface area contributed by atoms with Crippen LogP contribution in [0.15, 0.2) is 36.5 Å². The number of carbonyl (C=O) groups is 1. The van der Waals surface area contributed by atoms with Gasteiger partial charge in [-0.15, -0.1) is 0 Å². The first-order chi connectivity index (χ1) is 12.8. The number of hydrogen-bond acceptors (Lipinski definition) is 5. The molecule has 1 aromatic carbocycles. The van der Waals surface area contributed by atoms with Gasteiger partial charge in [0.1, 0.15) is 17.5 Å². The highest BCUT2D eigenvalue weighted by atomic mass is 19.1. The number of nitrogen functional groups attached to an aromatic ring is 1. The molecule has 0 bridgehead atoms. The molecule has 2 aromatic rings. The zero-order valence-corrected chi connectivity index (χ0v) is 16.0. The van der Waals surface area contributed by atoms with Gasteiger partial charge in [-0.2, -0.15) is 0 Å². The van der Waals surface area contributed by atoms with Gasteiger partial charge < -0.3 is 10.6 Å². The SMILES string of the molecule is CN(Cc1nccc(N)n1)[C@H]1CCN(C(=O)C(C)(C)c2cccc(F)c2)C1. The molecule has 144 valence electrons. The van der Waals surface area contributed by atoms with Crippen molar-refractivity contribution in [2.45, 2.75) is 38.3 Å². The molecule has 6 nitrogen and oxygen atoms in total. The van der Waals surface area contributed by atoms with E-state index < -0.39 is 5.41 Å². The van der Waals surface area contributed by atoms with E-state index in [1.54, 1.807) is 24.4 Å². The number of benzene rings is 1. The van der Waals surface area contributed by atoms with E-state index in [0.29, 0.717) is 36.8 Å². The van der Waals surface area contributed by atoms with E-state index in [9.17, 15) is 9.18 Å². The summed E-state index contributed by atoms with van der Waals surface area (Å²) in [6.45, 7) is 5.59. The fourth-order valence-corrected chi connectivity index (χ4v) is 3.53. The molecule has 0 unspecified atom stereocenters. The van der Waals surface area contributed by atoms with Gasteiger partial charge in [0.2, 0.25) is 5.91 Å². The number of amides is 1. The van der Waals surface area contributed by atoms with Gasteiger partial charge in [0.15, 0.2) is 0 Å². The summed E-state index contributed by atoms with van der Waals surface area (Å²) in [5, 5.41) is 0. The first kappa shape index (κ1) is 19.2. The van der Waals surface area contributed by atoms with Crippen molar-refractivity contribution >= 4 is 11.7 Å². The highest BCUT2D eigenvalue weighted by Gasteiger charge is 2.38. The predicted molar refractivity (Wildman–Crippen MR) is 102 cm³/mol. The van der Waals surface area contributed by atoms with E-state index in [1.807, 2.05) is 25.8 Å². The van der Waals surface area contributed by atoms with Crippen molar-refractivity contribution in [2.24, 2.45) is 0 Å². The minimum atomic E-state index is -0.771. The third-order valence-corrected chi connectivity index (χ3v) is 5.27. The molecule has 3 rings (SSSR count). The van der Waals surface area contributed by atoms with E-state index in [4.69, 9.17) is 5.73 Å². The number of rotatable bonds is 5. The Labute approximate surface area is 159 Å². The van der Waals surface area contributed by atoms with Gasteiger partial charge in [-0.3, -0.25) is 9.69 Å². The molecule has 1 amide bonds. The van der Waals surface area contributed by atoms with Gasteiger partial charge in [0.05, 0.1) is 12.0 Å². The summed E-state index contributed by atoms with van der Waals surface area (Å²) < 4.78 is 13.6. The van der Waals surface area contributed by atoms with Crippen molar-refractivity contribution in [1.82, 2.24) is 19.8 Å². The zero-order valence-electron chi connectivity index (χ0n) is 16.0. The summed E-state index contributed by atoms with van der Waals surface area (Å²) in [4.78, 5) is 25.6. The van der Waals surface area contributed by atoms with Gasteiger partial charge in [0, 0.05) is 25.3 Å². The minimum absolute atomic E-state index is 0.0178. The molecule has 0 spiro atoms. The lowest BCUT2D eigenvalue weighted by atomic mass is 9.83. The van der Waals surface area contributed by atoms with Crippen LogP contribution in [0.25, 0.3) is 0 Å². The summed E-state index contributed by atoms with van der Waals surface area (Å²) in [6, 6.07) is 8.16. The van der Waals surface area contributed by atoms with E-state index in [2.05, 4.69) is 14.9 Å². The van der Waals surface area contributed by atoms with Crippen molar-refractivity contribution in [3.8, 4) is 0 Å². The van der Waals surface area contributed by atoms with Crippen LogP contribution < -0.4 is 5.73 Å². The van der Waals surface area contributed by atoms with Gasteiger partial charge in [-0.25, -0.2) is 14.4 Å². The molecule has 1 aliphatic heterocycles. The Morgan fingerprint density at radius 3 is 2.89 bits per heavy atom. The Balaban J connectivity index is 1.65. The number of nitrogens with two attached hydrogens (primary N) is 1. The summed E-state index contributed by atoms with van der Waals surface area (Å²) in [6.07, 6.45) is 2.53. The lowest BCUT2D eigenvalue weighted by Crippen LogP contribution is -2.44. The Hall–Kier alpha value is -2.54. The van der Waals surface area contributed by atoms with Crippen LogP contribution in [0.5, 0.6) is 0 Å². The normalized spacial score (nSPS) is 17.5. The third-order valence-electron chi connectivity index (χ3n) is 5.27. The molecule has 1 saturated heterocycles. The van der Waals surface area contributed by atoms with Crippen molar-refractivity contribution in [2.75, 3.05) is 25.9 Å². The number of carbonyl (C=O) groups excluding carboxylic acids is 1. The lowest BCUT2D eigenvalue weighted by molar-refractivity contribution is -0.135. The van der Waals surface area contributed by atoms with Crippen LogP contribution in [0.1, 0.15) is 31.7 Å². The molecule has 1 fully saturated rings. The van der Waals surface area contributed by atoms with Crippen LogP contribution in [0.2, 0.25) is 0 Å². The Kier molecular flexibility index (Phi) is 5.41. The molecule has 2 heterocycles. The minimum Gasteiger partial charge on any atom is -0.384 e. The zero-order chi connectivity index (χ0) is 19.6. The fraction of sp³-hybridized carbons (Fsp3) is 0.450. The molecule has 2 N–H and O–H groups in total. The monoisotopic (exact) mass is 371 g/mol. The van der Waals surface area contributed by atoms with Crippen molar-refractivity contribution in [3.63, 3.8) is 0 Å². The first-order valence-corrected chi connectivity index (χ1v) is 9.10. The van der Waals surface area contributed by atoms with Crippen LogP contribution in [0.4, 0.5) is 10.2 Å². The van der Waals surface area contributed by atoms with E-state index in [0.717, 1.165) is 6.42 Å². The maximum absolute atomic E-state index is 13.6. The number of halogens is 1. The van der Waals surface area contributed by atoms with Gasteiger partial charge in [-0.05, 0) is 51.1 Å². The Bertz CT molecular complexity index is 826. The van der Waals surface area contributed by atoms with E-state index >= 15 is 0 Å². The highest BCUT2D eigenvalue weighted by Crippen LogP contribution is 2.29. The van der Waals surface area contributed by atoms with Crippen LogP contribution >= 0.6 is 0 Å². The molecule has 0 saturated carbocycles. The molecule has 0 radical (unpaired) electrons. The second-order valence-electron chi connectivity index (χ2n) is 7.64. The van der Waals surface area contributed by atoms with E-state index in [-0.39, 0.29) is 17.8 Å². The summed E-state index contributed by atoms with van der Waals surface area (Å²) in [7, 11) is 2.00. The molecular weight excluding hydrogens is 345 g/mol. The van der Waals surface area contributed by atoms with Crippen molar-refractivity contribution in [3.05, 3.63) is 53.7 Å². The van der Waals surface area contributed by atoms with Crippen LogP contribution in [0.3, 0.4) is 0 Å². The lowest BCUT2D eigenvalue weighted by Gasteiger charge is -2.30. The number of aromatic nitrogens is 2. The second-order valence-corrected chi connectivity index (χ2v) is 7.64. The number of likely N-dealkylation sites (N-methyl/N-ethyl adjacent to an activating group) is 1. The van der Waals surface area contributed by atoms with Gasteiger partial charge in [-0.1, -0.05) is 12.1 Å². The smallest absolute Gasteiger partial charge is 0.232 e. The van der Waals surface area contributed by atoms with Crippen molar-refractivity contribution in [1.29, 1.82) is 0 Å². The average molecular weight is 371 g/mol. The van der Waals surface area contributed by atoms with Gasteiger partial charge in [0.25, 0.3) is 0 Å². The third kappa shape index (κ3) is 4.24. The molecule has 0 aliphatic carbocycles. The molecule has 7 heteroatoms. The molecular formula is C20H26FN5O. The Morgan fingerprint density at radius 2 is 2.19 bits per heavy atom. The number of anilines is 1. The fourth-order valence-electron chi connectivity index (χ4n) is 3.53. The first-order valence-electron chi connectivity index (χ1n) is 9.10. The summed E-state index contributed by atoms with van der Waals surface area (Å²) in [5.74, 6) is 0.814. The maximum Gasteiger partial charge on any atom is 0.232 e. The topological polar surface area (TPSA) is 75.4 Å².